The Morgan fingerprint density at radius 1 is 0.935 bits per heavy atom. The van der Waals surface area contributed by atoms with Crippen LogP contribution in [-0.4, -0.2) is 36.8 Å². The Hall–Kier alpha value is -1.53. The highest BCUT2D eigenvalue weighted by Crippen LogP contribution is 2.18. The lowest BCUT2D eigenvalue weighted by molar-refractivity contribution is -0.288. The standard InChI is InChI=1S/C21H34O3.2H3N.H2O4S/c1-3-5-6-7-8-9-11-16-21(17-19-23-22-18-4-2)24-20-14-12-10-13-15-20;;;1-5(2,3)4/h4,10,12-15,21H,2-3,5-9,11,16-19H2,1H3;2*1H3;(H2,1,2,3,4). The molecule has 0 aliphatic carbocycles. The van der Waals surface area contributed by atoms with Gasteiger partial charge in [0.1, 0.15) is 18.5 Å². The van der Waals surface area contributed by atoms with Crippen molar-refractivity contribution in [3.05, 3.63) is 43.0 Å². The van der Waals surface area contributed by atoms with Gasteiger partial charge in [-0.2, -0.15) is 8.42 Å². The lowest BCUT2D eigenvalue weighted by Crippen LogP contribution is -2.19. The van der Waals surface area contributed by atoms with E-state index in [-0.39, 0.29) is 18.4 Å². The van der Waals surface area contributed by atoms with Crippen LogP contribution in [0.2, 0.25) is 0 Å². The van der Waals surface area contributed by atoms with Crippen LogP contribution in [0.1, 0.15) is 64.7 Å². The van der Waals surface area contributed by atoms with Crippen molar-refractivity contribution in [3.63, 3.8) is 0 Å². The molecule has 1 aromatic carbocycles. The zero-order chi connectivity index (χ0) is 21.8. The summed E-state index contributed by atoms with van der Waals surface area (Å²) in [6.45, 7) is 6.81. The molecule has 0 amide bonds. The van der Waals surface area contributed by atoms with Crippen molar-refractivity contribution in [2.75, 3.05) is 13.2 Å². The van der Waals surface area contributed by atoms with Crippen molar-refractivity contribution >= 4 is 10.4 Å². The van der Waals surface area contributed by atoms with E-state index in [9.17, 15) is 0 Å². The third-order valence-electron chi connectivity index (χ3n) is 3.97. The Morgan fingerprint density at radius 2 is 1.48 bits per heavy atom. The van der Waals surface area contributed by atoms with Gasteiger partial charge in [-0.15, -0.1) is 6.58 Å². The van der Waals surface area contributed by atoms with Crippen LogP contribution in [0.4, 0.5) is 0 Å². The topological polar surface area (TPSA) is 172 Å². The van der Waals surface area contributed by atoms with E-state index in [2.05, 4.69) is 13.5 Å². The smallest absolute Gasteiger partial charge is 0.394 e. The minimum absolute atomic E-state index is 0. The Kier molecular flexibility index (Phi) is 25.4. The molecule has 9 nitrogen and oxygen atoms in total. The minimum atomic E-state index is -4.67. The lowest BCUT2D eigenvalue weighted by Gasteiger charge is -2.19. The van der Waals surface area contributed by atoms with Gasteiger partial charge < -0.3 is 17.0 Å². The summed E-state index contributed by atoms with van der Waals surface area (Å²) >= 11 is 0. The van der Waals surface area contributed by atoms with Gasteiger partial charge in [0, 0.05) is 6.42 Å². The highest BCUT2D eigenvalue weighted by Gasteiger charge is 2.11. The van der Waals surface area contributed by atoms with Gasteiger partial charge in [0.05, 0.1) is 6.61 Å². The maximum Gasteiger partial charge on any atom is 0.394 e. The summed E-state index contributed by atoms with van der Waals surface area (Å²) in [5.74, 6) is 0.928. The number of hydrogen-bond donors (Lipinski definition) is 4. The van der Waals surface area contributed by atoms with Gasteiger partial charge in [-0.05, 0) is 25.0 Å². The minimum Gasteiger partial charge on any atom is -0.490 e. The van der Waals surface area contributed by atoms with Crippen molar-refractivity contribution < 1.29 is 32.0 Å². The maximum absolute atomic E-state index is 8.74. The molecule has 184 valence electrons. The Morgan fingerprint density at radius 3 is 2.03 bits per heavy atom. The third kappa shape index (κ3) is 28.5. The van der Waals surface area contributed by atoms with E-state index in [1.165, 1.54) is 44.9 Å². The molecule has 0 radical (unpaired) electrons. The molecule has 0 saturated carbocycles. The summed E-state index contributed by atoms with van der Waals surface area (Å²) in [5, 5.41) is 0. The summed E-state index contributed by atoms with van der Waals surface area (Å²) in [7, 11) is -4.67. The molecule has 1 rings (SSSR count). The van der Waals surface area contributed by atoms with Crippen LogP contribution in [0.15, 0.2) is 43.0 Å². The molecule has 0 aromatic heterocycles. The fraction of sp³-hybridized carbons (Fsp3) is 0.619. The number of para-hydroxylation sites is 1. The quantitative estimate of drug-likeness (QED) is 0.0775. The molecule has 1 atom stereocenters. The number of unbranched alkanes of at least 4 members (excludes halogenated alkanes) is 6. The molecular formula is C21H42N2O7S. The first kappa shape index (κ1) is 34.1. The molecule has 0 saturated heterocycles. The summed E-state index contributed by atoms with van der Waals surface area (Å²) in [6.07, 6.45) is 13.0. The third-order valence-corrected chi connectivity index (χ3v) is 3.97. The van der Waals surface area contributed by atoms with Gasteiger partial charge in [-0.25, -0.2) is 9.78 Å². The summed E-state index contributed by atoms with van der Waals surface area (Å²) in [4.78, 5) is 10.2. The summed E-state index contributed by atoms with van der Waals surface area (Å²) in [6, 6.07) is 10.0. The van der Waals surface area contributed by atoms with Crippen LogP contribution in [0.5, 0.6) is 5.75 Å². The second kappa shape index (κ2) is 23.1. The molecule has 0 heterocycles. The monoisotopic (exact) mass is 466 g/mol. The van der Waals surface area contributed by atoms with Gasteiger partial charge in [0.15, 0.2) is 0 Å². The predicted molar refractivity (Wildman–Crippen MR) is 124 cm³/mol. The molecule has 10 heteroatoms. The zero-order valence-corrected chi connectivity index (χ0v) is 19.6. The molecular weight excluding hydrogens is 424 g/mol. The van der Waals surface area contributed by atoms with Gasteiger partial charge in [0.25, 0.3) is 0 Å². The number of rotatable bonds is 16. The molecule has 0 spiro atoms. The molecule has 0 bridgehead atoms. The van der Waals surface area contributed by atoms with Crippen molar-refractivity contribution in [3.8, 4) is 5.75 Å². The van der Waals surface area contributed by atoms with Crippen molar-refractivity contribution in [1.82, 2.24) is 12.3 Å². The molecule has 0 aliphatic heterocycles. The first-order chi connectivity index (χ1) is 13.9. The van der Waals surface area contributed by atoms with Crippen LogP contribution in [0.25, 0.3) is 0 Å². The second-order valence-electron chi connectivity index (χ2n) is 6.59. The van der Waals surface area contributed by atoms with Crippen LogP contribution in [0.3, 0.4) is 0 Å². The largest absolute Gasteiger partial charge is 0.490 e. The van der Waals surface area contributed by atoms with E-state index < -0.39 is 10.4 Å². The lowest BCUT2D eigenvalue weighted by atomic mass is 10.0. The van der Waals surface area contributed by atoms with Crippen molar-refractivity contribution in [2.24, 2.45) is 0 Å². The van der Waals surface area contributed by atoms with Crippen molar-refractivity contribution in [1.29, 1.82) is 0 Å². The average molecular weight is 467 g/mol. The molecule has 8 N–H and O–H groups in total. The highest BCUT2D eigenvalue weighted by molar-refractivity contribution is 7.79. The van der Waals surface area contributed by atoms with Crippen LogP contribution in [-0.2, 0) is 20.2 Å². The summed E-state index contributed by atoms with van der Waals surface area (Å²) < 4.78 is 37.7. The Labute approximate surface area is 187 Å². The molecule has 1 unspecified atom stereocenters. The molecule has 31 heavy (non-hydrogen) atoms. The van der Waals surface area contributed by atoms with Crippen molar-refractivity contribution in [2.45, 2.75) is 70.8 Å². The highest BCUT2D eigenvalue weighted by atomic mass is 32.3. The number of ether oxygens (including phenoxy) is 1. The summed E-state index contributed by atoms with van der Waals surface area (Å²) in [5.41, 5.74) is 0. The van der Waals surface area contributed by atoms with E-state index in [1.54, 1.807) is 6.08 Å². The predicted octanol–water partition coefficient (Wildman–Crippen LogP) is 5.77. The van der Waals surface area contributed by atoms with E-state index in [0.29, 0.717) is 13.2 Å². The number of hydrogen-bond acceptors (Lipinski definition) is 7. The number of benzene rings is 1. The maximum atomic E-state index is 8.74. The van der Waals surface area contributed by atoms with E-state index in [0.717, 1.165) is 18.6 Å². The first-order valence-electron chi connectivity index (χ1n) is 10.1. The normalized spacial score (nSPS) is 11.2. The van der Waals surface area contributed by atoms with Gasteiger partial charge in [-0.3, -0.25) is 9.11 Å². The second-order valence-corrected chi connectivity index (χ2v) is 7.49. The SMILES string of the molecule is C=CCOOCCC(CCCCCCCCC)Oc1ccccc1.N.N.O=S(=O)(O)O. The van der Waals surface area contributed by atoms with E-state index in [4.69, 9.17) is 32.0 Å². The van der Waals surface area contributed by atoms with E-state index >= 15 is 0 Å². The first-order valence-corrected chi connectivity index (χ1v) is 11.5. The van der Waals surface area contributed by atoms with Gasteiger partial charge >= 0.3 is 10.4 Å². The van der Waals surface area contributed by atoms with Crippen LogP contribution in [0, 0.1) is 0 Å². The Balaban J connectivity index is -0.00000100. The fourth-order valence-electron chi connectivity index (χ4n) is 2.62. The van der Waals surface area contributed by atoms with Crippen LogP contribution >= 0.6 is 0 Å². The fourth-order valence-corrected chi connectivity index (χ4v) is 2.62. The average Bonchev–Trinajstić information content (AvgIpc) is 2.66. The van der Waals surface area contributed by atoms with E-state index in [1.807, 2.05) is 30.3 Å². The van der Waals surface area contributed by atoms with Crippen LogP contribution < -0.4 is 17.0 Å². The molecule has 1 aromatic rings. The Bertz CT molecular complexity index is 593. The molecule has 0 aliphatic rings. The zero-order valence-electron chi connectivity index (χ0n) is 18.8. The van der Waals surface area contributed by atoms with Gasteiger partial charge in [-0.1, -0.05) is 69.7 Å². The molecule has 0 fully saturated rings. The van der Waals surface area contributed by atoms with Gasteiger partial charge in [0.2, 0.25) is 0 Å².